The van der Waals surface area contributed by atoms with Crippen molar-refractivity contribution in [1.29, 1.82) is 5.26 Å². The molecular formula is C22H18N4O5S. The molecule has 0 spiro atoms. The number of non-ortho nitro benzene ring substituents is 1. The largest absolute Gasteiger partial charge is 0.378 e. The van der Waals surface area contributed by atoms with Gasteiger partial charge in [-0.25, -0.2) is 0 Å². The highest BCUT2D eigenvalue weighted by atomic mass is 32.2. The minimum atomic E-state index is -0.495. The Hall–Kier alpha value is -3.68. The minimum Gasteiger partial charge on any atom is -0.378 e. The van der Waals surface area contributed by atoms with Gasteiger partial charge in [-0.05, 0) is 35.5 Å². The van der Waals surface area contributed by atoms with Gasteiger partial charge in [0.05, 0.1) is 41.2 Å². The smallest absolute Gasteiger partial charge is 0.293 e. The first-order valence-corrected chi connectivity index (χ1v) is 10.6. The second-order valence-corrected chi connectivity index (χ2v) is 8.13. The van der Waals surface area contributed by atoms with Crippen LogP contribution in [-0.4, -0.2) is 47.3 Å². The number of benzene rings is 2. The van der Waals surface area contributed by atoms with Crippen LogP contribution >= 0.6 is 11.8 Å². The summed E-state index contributed by atoms with van der Waals surface area (Å²) in [6.07, 6.45) is 1.53. The van der Waals surface area contributed by atoms with Gasteiger partial charge in [0.15, 0.2) is 0 Å². The van der Waals surface area contributed by atoms with Crippen LogP contribution in [0.3, 0.4) is 0 Å². The predicted molar refractivity (Wildman–Crippen MR) is 119 cm³/mol. The van der Waals surface area contributed by atoms with Crippen LogP contribution < -0.4 is 4.90 Å². The molecule has 10 heteroatoms. The quantitative estimate of drug-likeness (QED) is 0.386. The highest BCUT2D eigenvalue weighted by Gasteiger charge is 2.35. The molecule has 2 aromatic carbocycles. The van der Waals surface area contributed by atoms with Crippen molar-refractivity contribution in [1.82, 2.24) is 4.90 Å². The molecule has 0 radical (unpaired) electrons. The molecule has 4 rings (SSSR count). The first-order chi connectivity index (χ1) is 15.5. The summed E-state index contributed by atoms with van der Waals surface area (Å²) in [6, 6.07) is 13.3. The molecule has 0 aromatic heterocycles. The number of anilines is 1. The zero-order chi connectivity index (χ0) is 22.7. The van der Waals surface area contributed by atoms with E-state index < -0.39 is 16.1 Å². The summed E-state index contributed by atoms with van der Waals surface area (Å²) in [4.78, 5) is 39.7. The third-order valence-corrected chi connectivity index (χ3v) is 6.11. The number of hydrogen-bond acceptors (Lipinski definition) is 8. The molecule has 162 valence electrons. The molecule has 2 aliphatic heterocycles. The lowest BCUT2D eigenvalue weighted by atomic mass is 10.1. The predicted octanol–water partition coefficient (Wildman–Crippen LogP) is 3.54. The maximum absolute atomic E-state index is 13.0. The Morgan fingerprint density at radius 3 is 2.66 bits per heavy atom. The Balaban J connectivity index is 1.66. The van der Waals surface area contributed by atoms with Crippen molar-refractivity contribution >= 4 is 40.4 Å². The number of carbonyl (C=O) groups excluding carboxylic acids is 2. The maximum atomic E-state index is 13.0. The number of nitro groups is 1. The molecule has 9 nitrogen and oxygen atoms in total. The summed E-state index contributed by atoms with van der Waals surface area (Å²) in [6.45, 7) is 2.28. The van der Waals surface area contributed by atoms with Gasteiger partial charge >= 0.3 is 0 Å². The molecule has 0 saturated carbocycles. The van der Waals surface area contributed by atoms with Crippen molar-refractivity contribution < 1.29 is 19.2 Å². The van der Waals surface area contributed by atoms with Gasteiger partial charge in [0.2, 0.25) is 0 Å². The van der Waals surface area contributed by atoms with Crippen LogP contribution in [0.1, 0.15) is 16.7 Å². The molecule has 0 atom stereocenters. The van der Waals surface area contributed by atoms with Crippen molar-refractivity contribution in [2.24, 2.45) is 0 Å². The number of rotatable bonds is 5. The summed E-state index contributed by atoms with van der Waals surface area (Å²) >= 11 is 0.782. The molecule has 0 aliphatic carbocycles. The molecule has 2 aliphatic rings. The van der Waals surface area contributed by atoms with E-state index in [2.05, 4.69) is 6.07 Å². The third kappa shape index (κ3) is 4.34. The number of ether oxygens (including phenoxy) is 1. The van der Waals surface area contributed by atoms with E-state index in [-0.39, 0.29) is 17.1 Å². The second kappa shape index (κ2) is 9.21. The maximum Gasteiger partial charge on any atom is 0.293 e. The molecule has 2 heterocycles. The van der Waals surface area contributed by atoms with E-state index in [0.29, 0.717) is 43.0 Å². The average molecular weight is 450 g/mol. The van der Waals surface area contributed by atoms with Crippen LogP contribution in [-0.2, 0) is 16.1 Å². The summed E-state index contributed by atoms with van der Waals surface area (Å²) in [5.74, 6) is -0.493. The monoisotopic (exact) mass is 450 g/mol. The number of amides is 2. The Kier molecular flexibility index (Phi) is 6.20. The topological polar surface area (TPSA) is 117 Å². The molecule has 32 heavy (non-hydrogen) atoms. The van der Waals surface area contributed by atoms with E-state index >= 15 is 0 Å². The highest BCUT2D eigenvalue weighted by molar-refractivity contribution is 8.18. The van der Waals surface area contributed by atoms with E-state index in [4.69, 9.17) is 4.74 Å². The van der Waals surface area contributed by atoms with Gasteiger partial charge in [0.25, 0.3) is 16.8 Å². The Labute approximate surface area is 188 Å². The zero-order valence-electron chi connectivity index (χ0n) is 16.9. The van der Waals surface area contributed by atoms with Gasteiger partial charge < -0.3 is 9.64 Å². The van der Waals surface area contributed by atoms with Crippen molar-refractivity contribution in [3.05, 3.63) is 74.2 Å². The number of hydrogen-bond donors (Lipinski definition) is 0. The van der Waals surface area contributed by atoms with Crippen LogP contribution in [0.4, 0.5) is 16.2 Å². The van der Waals surface area contributed by atoms with Gasteiger partial charge in [-0.1, -0.05) is 18.2 Å². The lowest BCUT2D eigenvalue weighted by molar-refractivity contribution is -0.384. The standard InChI is InChI=1S/C22H18N4O5S/c23-13-15-3-1-2-4-16(15)14-25-21(27)20(32-22(25)28)12-17-11-18(26(29)30)5-6-19(17)24-7-9-31-10-8-24/h1-6,11-12H,7-10,14H2/b20-12-. The zero-order valence-corrected chi connectivity index (χ0v) is 17.7. The number of thioether (sulfide) groups is 1. The Morgan fingerprint density at radius 1 is 1.19 bits per heavy atom. The third-order valence-electron chi connectivity index (χ3n) is 5.20. The fraction of sp³-hybridized carbons (Fsp3) is 0.227. The molecular weight excluding hydrogens is 432 g/mol. The number of carbonyl (C=O) groups is 2. The first-order valence-electron chi connectivity index (χ1n) is 9.82. The van der Waals surface area contributed by atoms with Crippen molar-refractivity contribution in [2.45, 2.75) is 6.54 Å². The fourth-order valence-corrected chi connectivity index (χ4v) is 4.41. The SMILES string of the molecule is N#Cc1ccccc1CN1C(=O)S/C(=C\c2cc([N+](=O)[O-])ccc2N2CCOCC2)C1=O. The van der Waals surface area contributed by atoms with Gasteiger partial charge in [-0.3, -0.25) is 24.6 Å². The van der Waals surface area contributed by atoms with E-state index in [1.54, 1.807) is 30.3 Å². The van der Waals surface area contributed by atoms with E-state index in [1.165, 1.54) is 18.2 Å². The second-order valence-electron chi connectivity index (χ2n) is 7.14. The molecule has 0 bridgehead atoms. The molecule has 2 fully saturated rings. The first kappa shape index (κ1) is 21.5. The average Bonchev–Trinajstić information content (AvgIpc) is 3.07. The van der Waals surface area contributed by atoms with Gasteiger partial charge in [0.1, 0.15) is 0 Å². The molecule has 2 aromatic rings. The van der Waals surface area contributed by atoms with Gasteiger partial charge in [-0.15, -0.1) is 0 Å². The number of morpholine rings is 1. The minimum absolute atomic E-state index is 0.0169. The van der Waals surface area contributed by atoms with Crippen molar-refractivity contribution in [3.8, 4) is 6.07 Å². The summed E-state index contributed by atoms with van der Waals surface area (Å²) < 4.78 is 5.38. The fourth-order valence-electron chi connectivity index (χ4n) is 3.58. The number of nitriles is 1. The molecule has 2 saturated heterocycles. The van der Waals surface area contributed by atoms with Crippen LogP contribution in [0.25, 0.3) is 6.08 Å². The molecule has 2 amide bonds. The highest BCUT2D eigenvalue weighted by Crippen LogP contribution is 2.36. The van der Waals surface area contributed by atoms with Gasteiger partial charge in [-0.2, -0.15) is 5.26 Å². The van der Waals surface area contributed by atoms with Crippen LogP contribution in [0.2, 0.25) is 0 Å². The normalized spacial score (nSPS) is 17.7. The lowest BCUT2D eigenvalue weighted by Crippen LogP contribution is -2.36. The number of nitro benzene ring substituents is 1. The van der Waals surface area contributed by atoms with E-state index in [0.717, 1.165) is 22.3 Å². The van der Waals surface area contributed by atoms with Crippen molar-refractivity contribution in [3.63, 3.8) is 0 Å². The Morgan fingerprint density at radius 2 is 1.94 bits per heavy atom. The van der Waals surface area contributed by atoms with Crippen LogP contribution in [0.5, 0.6) is 0 Å². The summed E-state index contributed by atoms with van der Waals surface area (Å²) in [5.41, 5.74) is 2.09. The van der Waals surface area contributed by atoms with E-state index in [9.17, 15) is 25.0 Å². The molecule has 0 N–H and O–H groups in total. The molecule has 0 unspecified atom stereocenters. The van der Waals surface area contributed by atoms with E-state index in [1.807, 2.05) is 4.90 Å². The van der Waals surface area contributed by atoms with Crippen molar-refractivity contribution in [2.75, 3.05) is 31.2 Å². The Bertz CT molecular complexity index is 1170. The number of nitrogens with zero attached hydrogens (tertiary/aromatic N) is 4. The van der Waals surface area contributed by atoms with Crippen LogP contribution in [0, 0.1) is 21.4 Å². The summed E-state index contributed by atoms with van der Waals surface area (Å²) in [7, 11) is 0. The summed E-state index contributed by atoms with van der Waals surface area (Å²) in [5, 5.41) is 20.1. The van der Waals surface area contributed by atoms with Gasteiger partial charge in [0, 0.05) is 36.5 Å². The number of imide groups is 1. The lowest BCUT2D eigenvalue weighted by Gasteiger charge is -2.30. The van der Waals surface area contributed by atoms with Crippen LogP contribution in [0.15, 0.2) is 47.4 Å².